The van der Waals surface area contributed by atoms with Crippen molar-refractivity contribution in [2.75, 3.05) is 13.2 Å². The smallest absolute Gasteiger partial charge is 0.407 e. The molecule has 0 aliphatic heterocycles. The second-order valence-electron chi connectivity index (χ2n) is 2.45. The fourth-order valence-corrected chi connectivity index (χ4v) is 0.749. The lowest BCUT2D eigenvalue weighted by atomic mass is 10.6. The van der Waals surface area contributed by atoms with Crippen molar-refractivity contribution < 1.29 is 19.2 Å². The Balaban J connectivity index is 2.23. The Kier molecular flexibility index (Phi) is 3.86. The van der Waals surface area contributed by atoms with Gasteiger partial charge in [-0.05, 0) is 6.92 Å². The lowest BCUT2D eigenvalue weighted by Gasteiger charge is -2.02. The van der Waals surface area contributed by atoms with Gasteiger partial charge in [0.05, 0.1) is 6.61 Å². The third kappa shape index (κ3) is 3.40. The Morgan fingerprint density at radius 3 is 3.07 bits per heavy atom. The molecule has 0 spiro atoms. The molecule has 1 aromatic heterocycles. The van der Waals surface area contributed by atoms with E-state index in [1.165, 1.54) is 0 Å². The second-order valence-corrected chi connectivity index (χ2v) is 2.45. The SMILES string of the molecule is Cc1noc(CNC(=O)OCCO)n1. The van der Waals surface area contributed by atoms with Crippen molar-refractivity contribution in [1.82, 2.24) is 15.5 Å². The predicted octanol–water partition coefficient (Wildman–Crippen LogP) is -0.403. The molecule has 7 nitrogen and oxygen atoms in total. The van der Waals surface area contributed by atoms with Gasteiger partial charge in [-0.3, -0.25) is 0 Å². The summed E-state index contributed by atoms with van der Waals surface area (Å²) in [5, 5.41) is 14.3. The molecule has 0 radical (unpaired) electrons. The second kappa shape index (κ2) is 5.18. The minimum atomic E-state index is -0.630. The van der Waals surface area contributed by atoms with Crippen molar-refractivity contribution >= 4 is 6.09 Å². The molecule has 2 N–H and O–H groups in total. The molecular formula is C7H11N3O4. The van der Waals surface area contributed by atoms with Gasteiger partial charge in [0.25, 0.3) is 0 Å². The van der Waals surface area contributed by atoms with Crippen LogP contribution in [0, 0.1) is 6.92 Å². The lowest BCUT2D eigenvalue weighted by Crippen LogP contribution is -2.25. The number of nitrogens with zero attached hydrogens (tertiary/aromatic N) is 2. The van der Waals surface area contributed by atoms with Gasteiger partial charge < -0.3 is 19.7 Å². The zero-order chi connectivity index (χ0) is 10.4. The highest BCUT2D eigenvalue weighted by Gasteiger charge is 2.05. The third-order valence-corrected chi connectivity index (χ3v) is 1.28. The van der Waals surface area contributed by atoms with E-state index in [4.69, 9.17) is 9.63 Å². The number of aliphatic hydroxyl groups is 1. The highest BCUT2D eigenvalue weighted by atomic mass is 16.6. The maximum absolute atomic E-state index is 10.8. The fraction of sp³-hybridized carbons (Fsp3) is 0.571. The number of aromatic nitrogens is 2. The first kappa shape index (κ1) is 10.5. The minimum absolute atomic E-state index is 0.0330. The first-order chi connectivity index (χ1) is 6.72. The van der Waals surface area contributed by atoms with Gasteiger partial charge in [0, 0.05) is 0 Å². The number of rotatable bonds is 4. The molecule has 78 valence electrons. The van der Waals surface area contributed by atoms with E-state index in [0.717, 1.165) is 0 Å². The van der Waals surface area contributed by atoms with Crippen LogP contribution in [0.4, 0.5) is 4.79 Å². The van der Waals surface area contributed by atoms with Gasteiger partial charge in [0.15, 0.2) is 5.82 Å². The zero-order valence-electron chi connectivity index (χ0n) is 7.69. The van der Waals surface area contributed by atoms with E-state index in [1.54, 1.807) is 6.92 Å². The average molecular weight is 201 g/mol. The monoisotopic (exact) mass is 201 g/mol. The van der Waals surface area contributed by atoms with Gasteiger partial charge in [-0.2, -0.15) is 4.98 Å². The summed E-state index contributed by atoms with van der Waals surface area (Å²) < 4.78 is 9.27. The molecule has 0 unspecified atom stereocenters. The summed E-state index contributed by atoms with van der Waals surface area (Å²) in [7, 11) is 0. The van der Waals surface area contributed by atoms with Crippen LogP contribution in [-0.2, 0) is 11.3 Å². The van der Waals surface area contributed by atoms with Crippen LogP contribution in [0.1, 0.15) is 11.7 Å². The zero-order valence-corrected chi connectivity index (χ0v) is 7.69. The maximum Gasteiger partial charge on any atom is 0.407 e. The van der Waals surface area contributed by atoms with Crippen LogP contribution in [0.15, 0.2) is 4.52 Å². The maximum atomic E-state index is 10.8. The summed E-state index contributed by atoms with van der Waals surface area (Å²) in [6.45, 7) is 1.56. The lowest BCUT2D eigenvalue weighted by molar-refractivity contribution is 0.118. The Bertz CT molecular complexity index is 299. The molecular weight excluding hydrogens is 190 g/mol. The van der Waals surface area contributed by atoms with Crippen LogP contribution in [0.5, 0.6) is 0 Å². The van der Waals surface area contributed by atoms with Crippen LogP contribution in [-0.4, -0.2) is 34.6 Å². The molecule has 1 heterocycles. The van der Waals surface area contributed by atoms with E-state index < -0.39 is 6.09 Å². The Hall–Kier alpha value is -1.63. The number of hydrogen-bond donors (Lipinski definition) is 2. The Morgan fingerprint density at radius 1 is 1.71 bits per heavy atom. The molecule has 7 heteroatoms. The van der Waals surface area contributed by atoms with Crippen LogP contribution in [0.25, 0.3) is 0 Å². The van der Waals surface area contributed by atoms with E-state index in [-0.39, 0.29) is 19.8 Å². The molecule has 14 heavy (non-hydrogen) atoms. The summed E-state index contributed by atoms with van der Waals surface area (Å²) >= 11 is 0. The van der Waals surface area contributed by atoms with Crippen LogP contribution in [0.2, 0.25) is 0 Å². The fourth-order valence-electron chi connectivity index (χ4n) is 0.749. The number of ether oxygens (including phenoxy) is 1. The first-order valence-electron chi connectivity index (χ1n) is 4.03. The Labute approximate surface area is 80.1 Å². The first-order valence-corrected chi connectivity index (χ1v) is 4.03. The number of alkyl carbamates (subject to hydrolysis) is 1. The van der Waals surface area contributed by atoms with Crippen molar-refractivity contribution in [2.24, 2.45) is 0 Å². The number of amides is 1. The largest absolute Gasteiger partial charge is 0.447 e. The highest BCUT2D eigenvalue weighted by Crippen LogP contribution is 1.94. The summed E-state index contributed by atoms with van der Waals surface area (Å²) in [6, 6.07) is 0. The van der Waals surface area contributed by atoms with Crippen molar-refractivity contribution in [3.8, 4) is 0 Å². The summed E-state index contributed by atoms with van der Waals surface area (Å²) in [4.78, 5) is 14.7. The summed E-state index contributed by atoms with van der Waals surface area (Å²) in [5.41, 5.74) is 0. The van der Waals surface area contributed by atoms with Crippen LogP contribution < -0.4 is 5.32 Å². The van der Waals surface area contributed by atoms with Crippen molar-refractivity contribution in [2.45, 2.75) is 13.5 Å². The number of aliphatic hydroxyl groups excluding tert-OH is 1. The quantitative estimate of drug-likeness (QED) is 0.687. The molecule has 0 atom stereocenters. The molecule has 1 rings (SSSR count). The number of carbonyl (C=O) groups is 1. The molecule has 0 saturated carbocycles. The molecule has 0 fully saturated rings. The van der Waals surface area contributed by atoms with Crippen LogP contribution in [0.3, 0.4) is 0 Å². The summed E-state index contributed by atoms with van der Waals surface area (Å²) in [6.07, 6.45) is -0.630. The van der Waals surface area contributed by atoms with Crippen molar-refractivity contribution in [3.63, 3.8) is 0 Å². The van der Waals surface area contributed by atoms with Crippen molar-refractivity contribution in [3.05, 3.63) is 11.7 Å². The minimum Gasteiger partial charge on any atom is -0.447 e. The van der Waals surface area contributed by atoms with Gasteiger partial charge in [-0.15, -0.1) is 0 Å². The third-order valence-electron chi connectivity index (χ3n) is 1.28. The van der Waals surface area contributed by atoms with Gasteiger partial charge in [0.1, 0.15) is 13.2 Å². The van der Waals surface area contributed by atoms with E-state index in [2.05, 4.69) is 20.2 Å². The molecule has 0 aromatic carbocycles. The molecule has 1 amide bonds. The molecule has 0 aliphatic rings. The number of aryl methyl sites for hydroxylation is 1. The van der Waals surface area contributed by atoms with E-state index in [0.29, 0.717) is 11.7 Å². The van der Waals surface area contributed by atoms with E-state index >= 15 is 0 Å². The summed E-state index contributed by atoms with van der Waals surface area (Å²) in [5.74, 6) is 0.814. The van der Waals surface area contributed by atoms with Gasteiger partial charge in [0.2, 0.25) is 5.89 Å². The molecule has 0 saturated heterocycles. The van der Waals surface area contributed by atoms with Gasteiger partial charge >= 0.3 is 6.09 Å². The Morgan fingerprint density at radius 2 is 2.50 bits per heavy atom. The standard InChI is InChI=1S/C7H11N3O4/c1-5-9-6(14-10-5)4-8-7(12)13-3-2-11/h11H,2-4H2,1H3,(H,8,12). The van der Waals surface area contributed by atoms with Crippen LogP contribution >= 0.6 is 0 Å². The molecule has 1 aromatic rings. The van der Waals surface area contributed by atoms with Gasteiger partial charge in [-0.25, -0.2) is 4.79 Å². The number of carbonyl (C=O) groups excluding carboxylic acids is 1. The molecule has 0 bridgehead atoms. The number of hydrogen-bond acceptors (Lipinski definition) is 6. The predicted molar refractivity (Wildman–Crippen MR) is 44.3 cm³/mol. The van der Waals surface area contributed by atoms with Gasteiger partial charge in [-0.1, -0.05) is 5.16 Å². The highest BCUT2D eigenvalue weighted by molar-refractivity contribution is 5.66. The van der Waals surface area contributed by atoms with E-state index in [9.17, 15) is 4.79 Å². The van der Waals surface area contributed by atoms with E-state index in [1.807, 2.05) is 0 Å². The topological polar surface area (TPSA) is 97.5 Å². The number of nitrogens with one attached hydrogen (secondary N) is 1. The normalized spacial score (nSPS) is 9.86. The van der Waals surface area contributed by atoms with Crippen molar-refractivity contribution in [1.29, 1.82) is 0 Å². The molecule has 0 aliphatic carbocycles. The average Bonchev–Trinajstić information content (AvgIpc) is 2.58.